The van der Waals surface area contributed by atoms with Gasteiger partial charge in [0.1, 0.15) is 0 Å². The van der Waals surface area contributed by atoms with Crippen LogP contribution in [0.1, 0.15) is 24.8 Å². The van der Waals surface area contributed by atoms with Crippen LogP contribution in [0.3, 0.4) is 0 Å². The minimum absolute atomic E-state index is 0.350. The summed E-state index contributed by atoms with van der Waals surface area (Å²) in [6, 6.07) is 4.23. The van der Waals surface area contributed by atoms with E-state index in [-0.39, 0.29) is 0 Å². The molecule has 1 aromatic heterocycles. The molecular weight excluding hydrogens is 156 g/mol. The van der Waals surface area contributed by atoms with Crippen molar-refractivity contribution in [2.45, 2.75) is 20.0 Å². The average Bonchev–Trinajstić information content (AvgIpc) is 2.38. The van der Waals surface area contributed by atoms with E-state index >= 15 is 0 Å². The van der Waals surface area contributed by atoms with Crippen molar-refractivity contribution in [2.24, 2.45) is 5.41 Å². The molecule has 2 rings (SSSR count). The molecule has 0 saturated carbocycles. The van der Waals surface area contributed by atoms with Crippen molar-refractivity contribution in [2.75, 3.05) is 6.61 Å². The molecule has 0 spiro atoms. The number of rotatable bonds is 1. The topological polar surface area (TPSA) is 9.23 Å². The van der Waals surface area contributed by atoms with Crippen LogP contribution in [-0.2, 0) is 4.74 Å². The lowest BCUT2D eigenvalue weighted by molar-refractivity contribution is -0.170. The molecule has 1 atom stereocenters. The highest BCUT2D eigenvalue weighted by Crippen LogP contribution is 2.46. The highest BCUT2D eigenvalue weighted by atomic mass is 32.1. The Balaban J connectivity index is 2.20. The lowest BCUT2D eigenvalue weighted by Gasteiger charge is -2.43. The zero-order chi connectivity index (χ0) is 7.90. The summed E-state index contributed by atoms with van der Waals surface area (Å²) in [6.45, 7) is 5.40. The van der Waals surface area contributed by atoms with Crippen LogP contribution in [0.4, 0.5) is 0 Å². The van der Waals surface area contributed by atoms with Crippen LogP contribution >= 0.6 is 11.3 Å². The Labute approximate surface area is 71.0 Å². The summed E-state index contributed by atoms with van der Waals surface area (Å²) in [4.78, 5) is 1.36. The van der Waals surface area contributed by atoms with Crippen molar-refractivity contribution >= 4 is 11.3 Å². The van der Waals surface area contributed by atoms with Crippen LogP contribution in [0.25, 0.3) is 0 Å². The summed E-state index contributed by atoms with van der Waals surface area (Å²) in [7, 11) is 0. The Morgan fingerprint density at radius 1 is 1.64 bits per heavy atom. The Morgan fingerprint density at radius 2 is 2.45 bits per heavy atom. The summed E-state index contributed by atoms with van der Waals surface area (Å²) < 4.78 is 5.50. The summed E-state index contributed by atoms with van der Waals surface area (Å²) in [5.74, 6) is 0. The van der Waals surface area contributed by atoms with Gasteiger partial charge in [0.15, 0.2) is 0 Å². The molecule has 60 valence electrons. The van der Waals surface area contributed by atoms with E-state index in [0.717, 1.165) is 6.61 Å². The van der Waals surface area contributed by atoms with Gasteiger partial charge in [-0.3, -0.25) is 0 Å². The van der Waals surface area contributed by atoms with Crippen molar-refractivity contribution in [3.05, 3.63) is 22.4 Å². The lowest BCUT2D eigenvalue weighted by atomic mass is 9.82. The van der Waals surface area contributed by atoms with E-state index in [1.807, 2.05) is 0 Å². The zero-order valence-electron chi connectivity index (χ0n) is 6.83. The van der Waals surface area contributed by atoms with Crippen molar-refractivity contribution in [3.63, 3.8) is 0 Å². The van der Waals surface area contributed by atoms with E-state index < -0.39 is 0 Å². The first kappa shape index (κ1) is 7.32. The largest absolute Gasteiger partial charge is 0.371 e. The minimum Gasteiger partial charge on any atom is -0.371 e. The van der Waals surface area contributed by atoms with E-state index in [2.05, 4.69) is 31.4 Å². The van der Waals surface area contributed by atoms with Crippen LogP contribution in [0, 0.1) is 5.41 Å². The van der Waals surface area contributed by atoms with Gasteiger partial charge >= 0.3 is 0 Å². The number of thiophene rings is 1. The molecule has 0 radical (unpaired) electrons. The zero-order valence-corrected chi connectivity index (χ0v) is 7.65. The van der Waals surface area contributed by atoms with Gasteiger partial charge in [0, 0.05) is 10.3 Å². The van der Waals surface area contributed by atoms with Crippen LogP contribution in [-0.4, -0.2) is 6.61 Å². The van der Waals surface area contributed by atoms with Crippen LogP contribution in [0.5, 0.6) is 0 Å². The normalized spacial score (nSPS) is 28.0. The molecule has 1 aliphatic rings. The average molecular weight is 168 g/mol. The highest BCUT2D eigenvalue weighted by molar-refractivity contribution is 7.10. The fraction of sp³-hybridized carbons (Fsp3) is 0.556. The van der Waals surface area contributed by atoms with Crippen molar-refractivity contribution in [3.8, 4) is 0 Å². The molecule has 0 N–H and O–H groups in total. The summed E-state index contributed by atoms with van der Waals surface area (Å²) >= 11 is 1.78. The van der Waals surface area contributed by atoms with E-state index in [0.29, 0.717) is 11.5 Å². The third-order valence-electron chi connectivity index (χ3n) is 2.13. The molecule has 0 bridgehead atoms. The molecule has 0 aromatic carbocycles. The minimum atomic E-state index is 0.350. The molecule has 1 aromatic rings. The quantitative estimate of drug-likeness (QED) is 0.626. The number of hydrogen-bond acceptors (Lipinski definition) is 2. The fourth-order valence-corrected chi connectivity index (χ4v) is 2.39. The molecule has 1 saturated heterocycles. The molecule has 11 heavy (non-hydrogen) atoms. The van der Waals surface area contributed by atoms with Gasteiger partial charge in [0.25, 0.3) is 0 Å². The standard InChI is InChI=1S/C9H12OS/c1-9(2)6-10-8(9)7-4-3-5-11-7/h3-5,8H,6H2,1-2H3. The van der Waals surface area contributed by atoms with Gasteiger partial charge in [0.2, 0.25) is 0 Å². The highest BCUT2D eigenvalue weighted by Gasteiger charge is 2.41. The second kappa shape index (κ2) is 2.32. The summed E-state index contributed by atoms with van der Waals surface area (Å²) in [5.41, 5.74) is 0.352. The fourth-order valence-electron chi connectivity index (χ4n) is 1.41. The molecule has 1 aliphatic heterocycles. The molecule has 0 aliphatic carbocycles. The summed E-state index contributed by atoms with van der Waals surface area (Å²) in [5, 5.41) is 2.10. The predicted molar refractivity (Wildman–Crippen MR) is 46.8 cm³/mol. The first-order valence-electron chi connectivity index (χ1n) is 3.85. The molecule has 1 fully saturated rings. The van der Waals surface area contributed by atoms with Gasteiger partial charge in [-0.05, 0) is 11.4 Å². The molecule has 1 nitrogen and oxygen atoms in total. The second-order valence-corrected chi connectivity index (χ2v) is 4.67. The molecule has 0 amide bonds. The van der Waals surface area contributed by atoms with Gasteiger partial charge in [-0.2, -0.15) is 0 Å². The van der Waals surface area contributed by atoms with E-state index in [1.54, 1.807) is 11.3 Å². The number of hydrogen-bond donors (Lipinski definition) is 0. The van der Waals surface area contributed by atoms with Crippen LogP contribution in [0.15, 0.2) is 17.5 Å². The van der Waals surface area contributed by atoms with E-state index in [4.69, 9.17) is 4.74 Å². The van der Waals surface area contributed by atoms with Gasteiger partial charge in [0.05, 0.1) is 12.7 Å². The van der Waals surface area contributed by atoms with Gasteiger partial charge < -0.3 is 4.74 Å². The smallest absolute Gasteiger partial charge is 0.0989 e. The Kier molecular flexibility index (Phi) is 1.55. The Hall–Kier alpha value is -0.340. The predicted octanol–water partition coefficient (Wildman–Crippen LogP) is 2.85. The lowest BCUT2D eigenvalue weighted by Crippen LogP contribution is -2.39. The van der Waals surface area contributed by atoms with Crippen LogP contribution < -0.4 is 0 Å². The van der Waals surface area contributed by atoms with E-state index in [9.17, 15) is 0 Å². The van der Waals surface area contributed by atoms with Crippen molar-refractivity contribution in [1.82, 2.24) is 0 Å². The van der Waals surface area contributed by atoms with Gasteiger partial charge in [-0.15, -0.1) is 11.3 Å². The van der Waals surface area contributed by atoms with Gasteiger partial charge in [-0.1, -0.05) is 19.9 Å². The number of ether oxygens (including phenoxy) is 1. The first-order chi connectivity index (χ1) is 5.20. The Morgan fingerprint density at radius 3 is 2.82 bits per heavy atom. The van der Waals surface area contributed by atoms with E-state index in [1.165, 1.54) is 4.88 Å². The molecule has 2 heteroatoms. The first-order valence-corrected chi connectivity index (χ1v) is 4.73. The summed E-state index contributed by atoms with van der Waals surface area (Å²) in [6.07, 6.45) is 0.350. The maximum atomic E-state index is 5.50. The third-order valence-corrected chi connectivity index (χ3v) is 3.05. The maximum Gasteiger partial charge on any atom is 0.0989 e. The monoisotopic (exact) mass is 168 g/mol. The second-order valence-electron chi connectivity index (χ2n) is 3.70. The molecule has 1 unspecified atom stereocenters. The molecular formula is C9H12OS. The van der Waals surface area contributed by atoms with Crippen molar-refractivity contribution < 1.29 is 4.74 Å². The van der Waals surface area contributed by atoms with Gasteiger partial charge in [-0.25, -0.2) is 0 Å². The Bertz CT molecular complexity index is 238. The maximum absolute atomic E-state index is 5.50. The molecule has 2 heterocycles. The third kappa shape index (κ3) is 1.10. The van der Waals surface area contributed by atoms with Crippen molar-refractivity contribution in [1.29, 1.82) is 0 Å². The van der Waals surface area contributed by atoms with Crippen LogP contribution in [0.2, 0.25) is 0 Å². The SMILES string of the molecule is CC1(C)COC1c1cccs1.